The summed E-state index contributed by atoms with van der Waals surface area (Å²) in [5, 5.41) is 15.5. The lowest BCUT2D eigenvalue weighted by Crippen LogP contribution is -2.49. The lowest BCUT2D eigenvalue weighted by molar-refractivity contribution is -0.141. The number of rotatable bonds is 9. The monoisotopic (exact) mass is 334 g/mol. The number of nitrogens with two attached hydrogens (primary N) is 1. The van der Waals surface area contributed by atoms with Crippen LogP contribution >= 0.6 is 12.6 Å². The highest BCUT2D eigenvalue weighted by molar-refractivity contribution is 7.80. The van der Waals surface area contributed by atoms with Crippen LogP contribution in [-0.4, -0.2) is 59.7 Å². The van der Waals surface area contributed by atoms with E-state index < -0.39 is 42.3 Å². The van der Waals surface area contributed by atoms with Gasteiger partial charge in [-0.05, 0) is 5.92 Å². The van der Waals surface area contributed by atoms with E-state index in [1.54, 1.807) is 13.8 Å². The van der Waals surface area contributed by atoms with Crippen molar-refractivity contribution in [2.45, 2.75) is 25.9 Å². The molecule has 126 valence electrons. The van der Waals surface area contributed by atoms with Crippen LogP contribution in [-0.2, 0) is 19.2 Å². The molecule has 0 radical (unpaired) electrons. The van der Waals surface area contributed by atoms with Crippen molar-refractivity contribution in [1.29, 1.82) is 0 Å². The first-order valence-corrected chi connectivity index (χ1v) is 7.25. The maximum atomic E-state index is 11.5. The van der Waals surface area contributed by atoms with Crippen LogP contribution in [0.25, 0.3) is 0 Å². The Morgan fingerprint density at radius 3 is 2.09 bits per heavy atom. The smallest absolute Gasteiger partial charge is 0.327 e. The van der Waals surface area contributed by atoms with E-state index in [-0.39, 0.29) is 18.2 Å². The number of carboxylic acid groups (broad SMARTS) is 1. The molecule has 0 rings (SSSR count). The van der Waals surface area contributed by atoms with Crippen molar-refractivity contribution in [3.63, 3.8) is 0 Å². The molecular formula is C12H22N4O5S. The molecule has 0 aromatic heterocycles. The van der Waals surface area contributed by atoms with Crippen LogP contribution in [0, 0.1) is 5.92 Å². The quantitative estimate of drug-likeness (QED) is 0.261. The Labute approximate surface area is 133 Å². The number of carbonyl (C=O) groups excluding carboxylic acids is 3. The average Bonchev–Trinajstić information content (AvgIpc) is 2.46. The number of carbonyl (C=O) groups is 4. The van der Waals surface area contributed by atoms with Gasteiger partial charge in [0.1, 0.15) is 6.04 Å². The summed E-state index contributed by atoms with van der Waals surface area (Å²) in [6.07, 6.45) is 0. The van der Waals surface area contributed by atoms with E-state index in [1.165, 1.54) is 0 Å². The minimum absolute atomic E-state index is 0.0666. The van der Waals surface area contributed by atoms with Gasteiger partial charge in [-0.2, -0.15) is 12.6 Å². The highest BCUT2D eigenvalue weighted by Crippen LogP contribution is 1.97. The number of thiol groups is 1. The Morgan fingerprint density at radius 1 is 1.09 bits per heavy atom. The van der Waals surface area contributed by atoms with Crippen LogP contribution in [0.15, 0.2) is 0 Å². The van der Waals surface area contributed by atoms with Gasteiger partial charge in [0.25, 0.3) is 0 Å². The van der Waals surface area contributed by atoms with Gasteiger partial charge in [-0.3, -0.25) is 14.4 Å². The number of carboxylic acids is 1. The van der Waals surface area contributed by atoms with Crippen LogP contribution in [0.4, 0.5) is 0 Å². The lowest BCUT2D eigenvalue weighted by atomic mass is 10.1. The van der Waals surface area contributed by atoms with E-state index in [0.717, 1.165) is 0 Å². The average molecular weight is 334 g/mol. The first-order valence-electron chi connectivity index (χ1n) is 6.62. The van der Waals surface area contributed by atoms with Gasteiger partial charge in [-0.15, -0.1) is 0 Å². The summed E-state index contributed by atoms with van der Waals surface area (Å²) in [4.78, 5) is 45.1. The van der Waals surface area contributed by atoms with Crippen molar-refractivity contribution in [2.75, 3.05) is 18.8 Å². The maximum Gasteiger partial charge on any atom is 0.327 e. The van der Waals surface area contributed by atoms with Crippen LogP contribution in [0.1, 0.15) is 13.8 Å². The van der Waals surface area contributed by atoms with E-state index in [1.807, 2.05) is 0 Å². The normalized spacial score (nSPS) is 13.1. The fourth-order valence-corrected chi connectivity index (χ4v) is 1.51. The van der Waals surface area contributed by atoms with Gasteiger partial charge in [0.05, 0.1) is 19.1 Å². The number of hydrogen-bond donors (Lipinski definition) is 6. The molecule has 10 heteroatoms. The predicted octanol–water partition coefficient (Wildman–Crippen LogP) is -2.30. The van der Waals surface area contributed by atoms with Gasteiger partial charge in [-0.1, -0.05) is 13.8 Å². The third-order valence-electron chi connectivity index (χ3n) is 2.71. The lowest BCUT2D eigenvalue weighted by Gasteiger charge is -2.15. The zero-order chi connectivity index (χ0) is 17.3. The Balaban J connectivity index is 4.06. The maximum absolute atomic E-state index is 11.5. The van der Waals surface area contributed by atoms with Gasteiger partial charge in [0.15, 0.2) is 0 Å². The van der Waals surface area contributed by atoms with Crippen molar-refractivity contribution >= 4 is 36.3 Å². The molecule has 0 aliphatic heterocycles. The van der Waals surface area contributed by atoms with E-state index in [0.29, 0.717) is 0 Å². The molecule has 0 aliphatic carbocycles. The molecule has 0 aromatic rings. The molecule has 0 saturated heterocycles. The summed E-state index contributed by atoms with van der Waals surface area (Å²) < 4.78 is 0. The molecule has 0 heterocycles. The minimum atomic E-state index is -1.22. The molecular weight excluding hydrogens is 312 g/mol. The molecule has 6 N–H and O–H groups in total. The topological polar surface area (TPSA) is 151 Å². The van der Waals surface area contributed by atoms with Gasteiger partial charge in [0.2, 0.25) is 17.7 Å². The Hall–Kier alpha value is -1.81. The second kappa shape index (κ2) is 10.0. The van der Waals surface area contributed by atoms with Crippen molar-refractivity contribution in [3.05, 3.63) is 0 Å². The molecule has 0 unspecified atom stereocenters. The molecule has 0 aromatic carbocycles. The molecule has 0 spiro atoms. The van der Waals surface area contributed by atoms with E-state index in [9.17, 15) is 19.2 Å². The van der Waals surface area contributed by atoms with Gasteiger partial charge >= 0.3 is 5.97 Å². The van der Waals surface area contributed by atoms with Gasteiger partial charge < -0.3 is 26.8 Å². The highest BCUT2D eigenvalue weighted by Gasteiger charge is 2.19. The highest BCUT2D eigenvalue weighted by atomic mass is 32.1. The van der Waals surface area contributed by atoms with Crippen molar-refractivity contribution < 1.29 is 24.3 Å². The summed E-state index contributed by atoms with van der Waals surface area (Å²) in [6, 6.07) is -1.85. The standard InChI is InChI=1S/C12H22N4O5S/c1-6(2)10(13)11(19)15-3-8(17)14-4-9(18)16-7(5-22)12(20)21/h6-7,10,22H,3-5,13H2,1-2H3,(H,14,17)(H,15,19)(H,16,18)(H,20,21)/t7-,10-/m0/s1. The third kappa shape index (κ3) is 7.84. The second-order valence-corrected chi connectivity index (χ2v) is 5.27. The van der Waals surface area contributed by atoms with Gasteiger partial charge in [0, 0.05) is 5.75 Å². The van der Waals surface area contributed by atoms with Crippen molar-refractivity contribution in [2.24, 2.45) is 11.7 Å². The SMILES string of the molecule is CC(C)[C@H](N)C(=O)NCC(=O)NCC(=O)N[C@@H](CS)C(=O)O. The molecule has 0 bridgehead atoms. The predicted molar refractivity (Wildman–Crippen MR) is 82.3 cm³/mol. The van der Waals surface area contributed by atoms with Gasteiger partial charge in [-0.25, -0.2) is 4.79 Å². The molecule has 9 nitrogen and oxygen atoms in total. The van der Waals surface area contributed by atoms with Crippen LogP contribution in [0.2, 0.25) is 0 Å². The van der Waals surface area contributed by atoms with Crippen LogP contribution < -0.4 is 21.7 Å². The third-order valence-corrected chi connectivity index (χ3v) is 3.07. The molecule has 0 fully saturated rings. The summed E-state index contributed by atoms with van der Waals surface area (Å²) in [7, 11) is 0. The van der Waals surface area contributed by atoms with Crippen LogP contribution in [0.5, 0.6) is 0 Å². The summed E-state index contributed by atoms with van der Waals surface area (Å²) in [6.45, 7) is 2.83. The number of hydrogen-bond acceptors (Lipinski definition) is 6. The largest absolute Gasteiger partial charge is 0.480 e. The number of amides is 3. The fourth-order valence-electron chi connectivity index (χ4n) is 1.26. The summed E-state index contributed by atoms with van der Waals surface area (Å²) in [5.74, 6) is -3.07. The van der Waals surface area contributed by atoms with E-state index in [4.69, 9.17) is 10.8 Å². The summed E-state index contributed by atoms with van der Waals surface area (Å²) >= 11 is 3.79. The minimum Gasteiger partial charge on any atom is -0.480 e. The molecule has 2 atom stereocenters. The molecule has 3 amide bonds. The Morgan fingerprint density at radius 2 is 1.64 bits per heavy atom. The molecule has 0 aliphatic rings. The zero-order valence-electron chi connectivity index (χ0n) is 12.5. The van der Waals surface area contributed by atoms with E-state index in [2.05, 4.69) is 28.6 Å². The van der Waals surface area contributed by atoms with Crippen molar-refractivity contribution in [1.82, 2.24) is 16.0 Å². The molecule has 22 heavy (non-hydrogen) atoms. The van der Waals surface area contributed by atoms with Crippen molar-refractivity contribution in [3.8, 4) is 0 Å². The van der Waals surface area contributed by atoms with E-state index >= 15 is 0 Å². The first kappa shape index (κ1) is 20.2. The zero-order valence-corrected chi connectivity index (χ0v) is 13.4. The second-order valence-electron chi connectivity index (χ2n) is 4.91. The Bertz CT molecular complexity index is 430. The molecule has 0 saturated carbocycles. The van der Waals surface area contributed by atoms with Crippen LogP contribution in [0.3, 0.4) is 0 Å². The Kier molecular flexibility index (Phi) is 9.18. The summed E-state index contributed by atoms with van der Waals surface area (Å²) in [5.41, 5.74) is 5.60. The first-order chi connectivity index (χ1) is 10.2. The number of aliphatic carboxylic acids is 1. The fraction of sp³-hybridized carbons (Fsp3) is 0.667. The number of nitrogens with one attached hydrogen (secondary N) is 3.